The first kappa shape index (κ1) is 13.8. The number of benzene rings is 1. The maximum Gasteiger partial charge on any atom is 0.338 e. The quantitative estimate of drug-likeness (QED) is 0.662. The predicted molar refractivity (Wildman–Crippen MR) is 59.0 cm³/mol. The summed E-state index contributed by atoms with van der Waals surface area (Å²) in [5.74, 6) is -4.27. The van der Waals surface area contributed by atoms with Gasteiger partial charge < -0.3 is 9.84 Å². The molecule has 0 bridgehead atoms. The Morgan fingerprint density at radius 3 is 2.56 bits per heavy atom. The Kier molecular flexibility index (Phi) is 4.53. The lowest BCUT2D eigenvalue weighted by atomic mass is 10.1. The Morgan fingerprint density at radius 2 is 2.00 bits per heavy atom. The molecule has 6 heteroatoms. The molecule has 96 valence electrons. The van der Waals surface area contributed by atoms with Gasteiger partial charge in [0.15, 0.2) is 0 Å². The monoisotopic (exact) mass is 256 g/mol. The molecule has 1 N–H and O–H groups in total. The van der Waals surface area contributed by atoms with Gasteiger partial charge in [-0.15, -0.1) is 0 Å². The zero-order valence-corrected chi connectivity index (χ0v) is 9.44. The number of aromatic carboxylic acids is 1. The zero-order valence-electron chi connectivity index (χ0n) is 9.44. The van der Waals surface area contributed by atoms with E-state index in [2.05, 4.69) is 4.74 Å². The Labute approximate surface area is 101 Å². The summed E-state index contributed by atoms with van der Waals surface area (Å²) >= 11 is 0. The number of halogens is 2. The van der Waals surface area contributed by atoms with Crippen molar-refractivity contribution in [2.45, 2.75) is 6.92 Å². The second kappa shape index (κ2) is 5.90. The average Bonchev–Trinajstić information content (AvgIpc) is 2.29. The van der Waals surface area contributed by atoms with Crippen LogP contribution in [0.2, 0.25) is 0 Å². The van der Waals surface area contributed by atoms with Gasteiger partial charge in [-0.1, -0.05) is 0 Å². The van der Waals surface area contributed by atoms with Gasteiger partial charge in [0.2, 0.25) is 0 Å². The molecule has 0 unspecified atom stereocenters. The van der Waals surface area contributed by atoms with Crippen LogP contribution in [0.1, 0.15) is 22.8 Å². The standard InChI is InChI=1S/C12H10F2O4/c1-2-18-11(15)4-3-7-5-10(14)8(12(16)17)6-9(7)13/h3-6H,2H2,1H3,(H,16,17). The number of hydrogen-bond acceptors (Lipinski definition) is 3. The third kappa shape index (κ3) is 3.38. The van der Waals surface area contributed by atoms with E-state index in [0.717, 1.165) is 12.2 Å². The second-order valence-corrected chi connectivity index (χ2v) is 3.24. The second-order valence-electron chi connectivity index (χ2n) is 3.24. The highest BCUT2D eigenvalue weighted by Gasteiger charge is 2.14. The molecule has 0 atom stereocenters. The summed E-state index contributed by atoms with van der Waals surface area (Å²) in [6, 6.07) is 1.26. The number of ether oxygens (including phenoxy) is 1. The van der Waals surface area contributed by atoms with E-state index in [1.165, 1.54) is 0 Å². The van der Waals surface area contributed by atoms with E-state index in [1.807, 2.05) is 0 Å². The lowest BCUT2D eigenvalue weighted by Crippen LogP contribution is -2.03. The number of hydrogen-bond donors (Lipinski definition) is 1. The third-order valence-corrected chi connectivity index (χ3v) is 2.00. The molecule has 1 aromatic carbocycles. The van der Waals surface area contributed by atoms with E-state index in [0.29, 0.717) is 12.1 Å². The highest BCUT2D eigenvalue weighted by atomic mass is 19.1. The normalized spacial score (nSPS) is 10.6. The van der Waals surface area contributed by atoms with Gasteiger partial charge in [-0.05, 0) is 25.1 Å². The summed E-state index contributed by atoms with van der Waals surface area (Å²) in [6.45, 7) is 1.77. The van der Waals surface area contributed by atoms with Crippen LogP contribution in [0, 0.1) is 11.6 Å². The molecule has 0 heterocycles. The van der Waals surface area contributed by atoms with Crippen molar-refractivity contribution >= 4 is 18.0 Å². The van der Waals surface area contributed by atoms with Crippen molar-refractivity contribution in [3.8, 4) is 0 Å². The van der Waals surface area contributed by atoms with Crippen molar-refractivity contribution in [2.24, 2.45) is 0 Å². The number of carboxylic acids is 1. The van der Waals surface area contributed by atoms with Crippen molar-refractivity contribution in [2.75, 3.05) is 6.61 Å². The predicted octanol–water partition coefficient (Wildman–Crippen LogP) is 2.24. The zero-order chi connectivity index (χ0) is 13.7. The SMILES string of the molecule is CCOC(=O)C=Cc1cc(F)c(C(=O)O)cc1F. The molecule has 4 nitrogen and oxygen atoms in total. The lowest BCUT2D eigenvalue weighted by Gasteiger charge is -2.01. The molecular formula is C12H10F2O4. The summed E-state index contributed by atoms with van der Waals surface area (Å²) in [4.78, 5) is 21.5. The molecule has 0 saturated heterocycles. The molecule has 18 heavy (non-hydrogen) atoms. The largest absolute Gasteiger partial charge is 0.478 e. The Bertz CT molecular complexity index is 509. The number of rotatable bonds is 4. The molecular weight excluding hydrogens is 246 g/mol. The minimum Gasteiger partial charge on any atom is -0.478 e. The Morgan fingerprint density at radius 1 is 1.33 bits per heavy atom. The molecule has 0 saturated carbocycles. The lowest BCUT2D eigenvalue weighted by molar-refractivity contribution is -0.137. The maximum atomic E-state index is 13.4. The average molecular weight is 256 g/mol. The fourth-order valence-corrected chi connectivity index (χ4v) is 1.20. The van der Waals surface area contributed by atoms with Gasteiger partial charge in [0, 0.05) is 11.6 Å². The van der Waals surface area contributed by atoms with Crippen LogP contribution in [0.5, 0.6) is 0 Å². The van der Waals surface area contributed by atoms with Gasteiger partial charge in [0.25, 0.3) is 0 Å². The van der Waals surface area contributed by atoms with E-state index in [1.54, 1.807) is 6.92 Å². The molecule has 0 aromatic heterocycles. The third-order valence-electron chi connectivity index (χ3n) is 2.00. The summed E-state index contributed by atoms with van der Waals surface area (Å²) in [6.07, 6.45) is 1.95. The first-order valence-electron chi connectivity index (χ1n) is 5.03. The van der Waals surface area contributed by atoms with Gasteiger partial charge in [0.05, 0.1) is 12.2 Å². The van der Waals surface area contributed by atoms with E-state index in [9.17, 15) is 18.4 Å². The minimum atomic E-state index is -1.56. The molecule has 0 aliphatic heterocycles. The molecule has 0 radical (unpaired) electrons. The smallest absolute Gasteiger partial charge is 0.338 e. The molecule has 0 aliphatic carbocycles. The fourth-order valence-electron chi connectivity index (χ4n) is 1.20. The van der Waals surface area contributed by atoms with E-state index >= 15 is 0 Å². The molecule has 1 aromatic rings. The Balaban J connectivity index is 3.02. The van der Waals surface area contributed by atoms with Crippen LogP contribution in [-0.2, 0) is 9.53 Å². The summed E-state index contributed by atoms with van der Waals surface area (Å²) in [5.41, 5.74) is -0.994. The molecule has 0 spiro atoms. The minimum absolute atomic E-state index is 0.165. The van der Waals surface area contributed by atoms with Crippen LogP contribution in [0.25, 0.3) is 6.08 Å². The summed E-state index contributed by atoms with van der Waals surface area (Å²) in [5, 5.41) is 8.57. The first-order valence-corrected chi connectivity index (χ1v) is 5.03. The molecule has 1 rings (SSSR count). The van der Waals surface area contributed by atoms with Gasteiger partial charge >= 0.3 is 11.9 Å². The van der Waals surface area contributed by atoms with Crippen molar-refractivity contribution in [1.82, 2.24) is 0 Å². The fraction of sp³-hybridized carbons (Fsp3) is 0.167. The van der Waals surface area contributed by atoms with Crippen LogP contribution in [-0.4, -0.2) is 23.7 Å². The van der Waals surface area contributed by atoms with Crippen molar-refractivity contribution < 1.29 is 28.2 Å². The Hall–Kier alpha value is -2.24. The van der Waals surface area contributed by atoms with Crippen LogP contribution in [0.3, 0.4) is 0 Å². The first-order chi connectivity index (χ1) is 8.45. The van der Waals surface area contributed by atoms with Crippen molar-refractivity contribution in [1.29, 1.82) is 0 Å². The van der Waals surface area contributed by atoms with E-state index in [4.69, 9.17) is 5.11 Å². The highest BCUT2D eigenvalue weighted by Crippen LogP contribution is 2.16. The van der Waals surface area contributed by atoms with Crippen LogP contribution in [0.4, 0.5) is 8.78 Å². The van der Waals surface area contributed by atoms with Gasteiger partial charge in [-0.2, -0.15) is 0 Å². The van der Waals surface area contributed by atoms with E-state index < -0.39 is 29.1 Å². The number of esters is 1. The number of carboxylic acid groups (broad SMARTS) is 1. The molecule has 0 aliphatic rings. The van der Waals surface area contributed by atoms with Gasteiger partial charge in [-0.3, -0.25) is 0 Å². The van der Waals surface area contributed by atoms with Crippen molar-refractivity contribution in [3.63, 3.8) is 0 Å². The van der Waals surface area contributed by atoms with E-state index in [-0.39, 0.29) is 12.2 Å². The maximum absolute atomic E-state index is 13.4. The number of carbonyl (C=O) groups excluding carboxylic acids is 1. The molecule has 0 amide bonds. The van der Waals surface area contributed by atoms with Crippen LogP contribution in [0.15, 0.2) is 18.2 Å². The highest BCUT2D eigenvalue weighted by molar-refractivity contribution is 5.89. The van der Waals surface area contributed by atoms with Crippen molar-refractivity contribution in [3.05, 3.63) is 41.0 Å². The number of carbonyl (C=O) groups is 2. The summed E-state index contributed by atoms with van der Waals surface area (Å²) in [7, 11) is 0. The van der Waals surface area contributed by atoms with Crippen LogP contribution >= 0.6 is 0 Å². The topological polar surface area (TPSA) is 63.6 Å². The summed E-state index contributed by atoms with van der Waals surface area (Å²) < 4.78 is 31.2. The van der Waals surface area contributed by atoms with Crippen LogP contribution < -0.4 is 0 Å². The molecule has 0 fully saturated rings. The van der Waals surface area contributed by atoms with Gasteiger partial charge in [0.1, 0.15) is 11.6 Å². The van der Waals surface area contributed by atoms with Gasteiger partial charge in [-0.25, -0.2) is 18.4 Å².